The summed E-state index contributed by atoms with van der Waals surface area (Å²) in [5.41, 5.74) is 8.51. The number of sulfonamides is 1. The molecule has 0 radical (unpaired) electrons. The van der Waals surface area contributed by atoms with Crippen LogP contribution < -0.4 is 9.73 Å². The molecule has 5 rings (SSSR count). The van der Waals surface area contributed by atoms with E-state index in [9.17, 15) is 13.2 Å². The van der Waals surface area contributed by atoms with Crippen LogP contribution in [0.4, 0.5) is 5.69 Å². The first-order valence-electron chi connectivity index (χ1n) is 13.7. The summed E-state index contributed by atoms with van der Waals surface area (Å²) >= 11 is 6.08. The number of amides is 1. The highest BCUT2D eigenvalue weighted by Gasteiger charge is 2.28. The number of hydrogen-bond acceptors (Lipinski definition) is 4. The van der Waals surface area contributed by atoms with Gasteiger partial charge in [0.2, 0.25) is 0 Å². The molecule has 0 atom stereocenters. The van der Waals surface area contributed by atoms with E-state index in [1.54, 1.807) is 79.0 Å². The zero-order valence-corrected chi connectivity index (χ0v) is 25.6. The Hall–Kier alpha value is -4.66. The van der Waals surface area contributed by atoms with Crippen molar-refractivity contribution in [3.05, 3.63) is 148 Å². The molecule has 9 heteroatoms. The van der Waals surface area contributed by atoms with Gasteiger partial charge in [0.05, 0.1) is 28.9 Å². The minimum absolute atomic E-state index is 0.00753. The van der Waals surface area contributed by atoms with Gasteiger partial charge in [-0.1, -0.05) is 71.8 Å². The fraction of sp³-hybridized carbons (Fsp3) is 0.118. The summed E-state index contributed by atoms with van der Waals surface area (Å²) in [7, 11) is -4.05. The smallest absolute Gasteiger partial charge is 0.273 e. The molecular weight excluding hydrogens is 580 g/mol. The normalized spacial score (nSPS) is 11.5. The van der Waals surface area contributed by atoms with Crippen molar-refractivity contribution in [3.63, 3.8) is 0 Å². The molecule has 4 aromatic carbocycles. The molecule has 0 aliphatic carbocycles. The Kier molecular flexibility index (Phi) is 8.80. The molecule has 0 fully saturated rings. The van der Waals surface area contributed by atoms with Gasteiger partial charge in [-0.15, -0.1) is 0 Å². The topological polar surface area (TPSA) is 83.8 Å². The summed E-state index contributed by atoms with van der Waals surface area (Å²) in [6.07, 6.45) is 1.59. The molecule has 0 aliphatic heterocycles. The highest BCUT2D eigenvalue weighted by atomic mass is 35.5. The van der Waals surface area contributed by atoms with E-state index in [-0.39, 0.29) is 22.7 Å². The number of aryl methyl sites for hydroxylation is 2. The van der Waals surface area contributed by atoms with Crippen LogP contribution in [0.15, 0.2) is 119 Å². The van der Waals surface area contributed by atoms with Gasteiger partial charge in [0, 0.05) is 27.7 Å². The Labute approximate surface area is 257 Å². The van der Waals surface area contributed by atoms with E-state index < -0.39 is 15.9 Å². The number of carbonyl (C=O) groups is 1. The molecule has 0 saturated carbocycles. The van der Waals surface area contributed by atoms with E-state index in [2.05, 4.69) is 15.1 Å². The molecule has 43 heavy (non-hydrogen) atoms. The van der Waals surface area contributed by atoms with Gasteiger partial charge >= 0.3 is 0 Å². The molecule has 0 spiro atoms. The summed E-state index contributed by atoms with van der Waals surface area (Å²) < 4.78 is 31.4. The Bertz CT molecular complexity index is 1880. The second-order valence-corrected chi connectivity index (χ2v) is 12.5. The number of nitrogens with one attached hydrogen (secondary N) is 1. The number of aromatic nitrogens is 1. The SMILES string of the molecule is Cc1ccc(S(=O)(=O)N(Cc2ccc(Cl)cc2)c2ccccc2C(=O)N/N=C\c2cc(C)n(-c3ccccc3)c2C)cc1. The maximum atomic E-state index is 14.0. The number of hydrazone groups is 1. The van der Waals surface area contributed by atoms with Gasteiger partial charge in [0.15, 0.2) is 0 Å². The van der Waals surface area contributed by atoms with E-state index in [1.807, 2.05) is 57.2 Å². The highest BCUT2D eigenvalue weighted by Crippen LogP contribution is 2.30. The average Bonchev–Trinajstić information content (AvgIpc) is 3.29. The number of anilines is 1. The number of rotatable bonds is 9. The summed E-state index contributed by atoms with van der Waals surface area (Å²) in [5.74, 6) is -0.538. The van der Waals surface area contributed by atoms with Gasteiger partial charge in [0.1, 0.15) is 0 Å². The van der Waals surface area contributed by atoms with Crippen LogP contribution in [0.25, 0.3) is 5.69 Å². The van der Waals surface area contributed by atoms with Gasteiger partial charge < -0.3 is 4.57 Å². The lowest BCUT2D eigenvalue weighted by atomic mass is 10.1. The Morgan fingerprint density at radius 2 is 1.53 bits per heavy atom. The van der Waals surface area contributed by atoms with E-state index in [4.69, 9.17) is 11.6 Å². The second kappa shape index (κ2) is 12.7. The Balaban J connectivity index is 1.46. The molecule has 218 valence electrons. The fourth-order valence-corrected chi connectivity index (χ4v) is 6.49. The summed E-state index contributed by atoms with van der Waals surface area (Å²) in [6.45, 7) is 5.88. The zero-order chi connectivity index (χ0) is 30.6. The van der Waals surface area contributed by atoms with Gasteiger partial charge in [-0.2, -0.15) is 5.10 Å². The van der Waals surface area contributed by atoms with Gasteiger partial charge in [0.25, 0.3) is 15.9 Å². The minimum atomic E-state index is -4.05. The van der Waals surface area contributed by atoms with Gasteiger partial charge in [-0.05, 0) is 80.9 Å². The average molecular weight is 611 g/mol. The number of carbonyl (C=O) groups excluding carboxylic acids is 1. The van der Waals surface area contributed by atoms with E-state index in [0.29, 0.717) is 10.6 Å². The first-order chi connectivity index (χ1) is 20.6. The fourth-order valence-electron chi connectivity index (χ4n) is 4.89. The van der Waals surface area contributed by atoms with Crippen LogP contribution in [0.2, 0.25) is 5.02 Å². The van der Waals surface area contributed by atoms with E-state index >= 15 is 0 Å². The highest BCUT2D eigenvalue weighted by molar-refractivity contribution is 7.92. The number of halogens is 1. The van der Waals surface area contributed by atoms with Crippen molar-refractivity contribution in [2.75, 3.05) is 4.31 Å². The third-order valence-electron chi connectivity index (χ3n) is 7.12. The molecule has 1 N–H and O–H groups in total. The van der Waals surface area contributed by atoms with Crippen molar-refractivity contribution in [2.45, 2.75) is 32.2 Å². The van der Waals surface area contributed by atoms with Crippen molar-refractivity contribution in [1.29, 1.82) is 0 Å². The Morgan fingerprint density at radius 1 is 0.884 bits per heavy atom. The second-order valence-electron chi connectivity index (χ2n) is 10.2. The lowest BCUT2D eigenvalue weighted by Gasteiger charge is -2.26. The summed E-state index contributed by atoms with van der Waals surface area (Å²) in [5, 5.41) is 4.77. The molecule has 0 saturated heterocycles. The number of benzene rings is 4. The van der Waals surface area contributed by atoms with Gasteiger partial charge in [-0.25, -0.2) is 13.8 Å². The lowest BCUT2D eigenvalue weighted by molar-refractivity contribution is 0.0955. The van der Waals surface area contributed by atoms with Crippen LogP contribution in [0.1, 0.15) is 38.4 Å². The first kappa shape index (κ1) is 29.8. The summed E-state index contributed by atoms with van der Waals surface area (Å²) in [4.78, 5) is 13.6. The molecule has 1 amide bonds. The van der Waals surface area contributed by atoms with Crippen molar-refractivity contribution in [2.24, 2.45) is 5.10 Å². The standard InChI is InChI=1S/C34H31ClN4O3S/c1-24-13-19-31(20-14-24)43(41,42)38(23-27-15-17-29(35)18-16-27)33-12-8-7-11-32(33)34(40)37-36-22-28-21-25(2)39(26(28)3)30-9-5-4-6-10-30/h4-22H,23H2,1-3H3,(H,37,40)/b36-22-. The predicted octanol–water partition coefficient (Wildman–Crippen LogP) is 7.22. The maximum absolute atomic E-state index is 14.0. The monoisotopic (exact) mass is 610 g/mol. The van der Waals surface area contributed by atoms with Crippen molar-refractivity contribution < 1.29 is 13.2 Å². The Morgan fingerprint density at radius 3 is 2.23 bits per heavy atom. The molecule has 1 heterocycles. The molecule has 7 nitrogen and oxygen atoms in total. The lowest BCUT2D eigenvalue weighted by Crippen LogP contribution is -2.33. The van der Waals surface area contributed by atoms with Crippen molar-refractivity contribution >= 4 is 39.4 Å². The molecule has 1 aromatic heterocycles. The summed E-state index contributed by atoms with van der Waals surface area (Å²) in [6, 6.07) is 32.1. The van der Waals surface area contributed by atoms with Crippen LogP contribution in [-0.4, -0.2) is 25.1 Å². The molecule has 0 bridgehead atoms. The number of nitrogens with zero attached hydrogens (tertiary/aromatic N) is 3. The van der Waals surface area contributed by atoms with Crippen LogP contribution in [-0.2, 0) is 16.6 Å². The van der Waals surface area contributed by atoms with Crippen LogP contribution in [0.5, 0.6) is 0 Å². The maximum Gasteiger partial charge on any atom is 0.273 e. The first-order valence-corrected chi connectivity index (χ1v) is 15.5. The predicted molar refractivity (Wildman–Crippen MR) is 173 cm³/mol. The van der Waals surface area contributed by atoms with Crippen LogP contribution in [0, 0.1) is 20.8 Å². The third-order valence-corrected chi connectivity index (χ3v) is 9.15. The van der Waals surface area contributed by atoms with E-state index in [1.165, 1.54) is 4.31 Å². The van der Waals surface area contributed by atoms with Crippen LogP contribution >= 0.6 is 11.6 Å². The zero-order valence-electron chi connectivity index (χ0n) is 24.0. The molecular formula is C34H31ClN4O3S. The quantitative estimate of drug-likeness (QED) is 0.141. The van der Waals surface area contributed by atoms with E-state index in [0.717, 1.165) is 28.2 Å². The largest absolute Gasteiger partial charge is 0.318 e. The van der Waals surface area contributed by atoms with Crippen LogP contribution in [0.3, 0.4) is 0 Å². The van der Waals surface area contributed by atoms with Crippen molar-refractivity contribution in [1.82, 2.24) is 9.99 Å². The number of para-hydroxylation sites is 2. The third kappa shape index (κ3) is 6.56. The van der Waals surface area contributed by atoms with Crippen molar-refractivity contribution in [3.8, 4) is 5.69 Å². The number of hydrogen-bond donors (Lipinski definition) is 1. The van der Waals surface area contributed by atoms with Gasteiger partial charge in [-0.3, -0.25) is 9.10 Å². The minimum Gasteiger partial charge on any atom is -0.318 e. The molecule has 0 aliphatic rings. The molecule has 0 unspecified atom stereocenters. The molecule has 5 aromatic rings.